The molecule has 3 rings (SSSR count). The Bertz CT molecular complexity index is 1110. The van der Waals surface area contributed by atoms with Crippen LogP contribution in [0.25, 0.3) is 10.8 Å². The Morgan fingerprint density at radius 1 is 0.963 bits per heavy atom. The lowest BCUT2D eigenvalue weighted by atomic mass is 10.1. The van der Waals surface area contributed by atoms with E-state index in [2.05, 4.69) is 5.32 Å². The first-order valence-corrected chi connectivity index (χ1v) is 10.4. The summed E-state index contributed by atoms with van der Waals surface area (Å²) in [6.45, 7) is 3.48. The van der Waals surface area contributed by atoms with E-state index in [0.717, 1.165) is 32.5 Å². The summed E-state index contributed by atoms with van der Waals surface area (Å²) < 4.78 is 25.8. The average molecular weight is 382 g/mol. The zero-order valence-electron chi connectivity index (χ0n) is 15.6. The minimum absolute atomic E-state index is 0.282. The number of nitrogens with one attached hydrogen (secondary N) is 1. The first-order chi connectivity index (χ1) is 12.8. The largest absolute Gasteiger partial charge is 0.324 e. The standard InChI is InChI=1S/C21H22N2O3S/c1-15-7-6-10-20(16(15)2)23(27(3,25)26)14-21(24)22-19-12-11-17-8-4-5-9-18(17)13-19/h4-13H,14H2,1-3H3,(H,22,24). The number of carbonyl (C=O) groups is 1. The van der Waals surface area contributed by atoms with Crippen molar-refractivity contribution in [3.63, 3.8) is 0 Å². The van der Waals surface area contributed by atoms with Crippen LogP contribution in [0.1, 0.15) is 11.1 Å². The van der Waals surface area contributed by atoms with Crippen molar-refractivity contribution in [3.05, 3.63) is 71.8 Å². The van der Waals surface area contributed by atoms with Crippen molar-refractivity contribution in [2.45, 2.75) is 13.8 Å². The smallest absolute Gasteiger partial charge is 0.245 e. The van der Waals surface area contributed by atoms with Gasteiger partial charge >= 0.3 is 0 Å². The lowest BCUT2D eigenvalue weighted by Crippen LogP contribution is -2.38. The molecule has 5 nitrogen and oxygen atoms in total. The molecule has 140 valence electrons. The molecule has 1 N–H and O–H groups in total. The fraction of sp³-hybridized carbons (Fsp3) is 0.190. The highest BCUT2D eigenvalue weighted by Gasteiger charge is 2.22. The van der Waals surface area contributed by atoms with Crippen molar-refractivity contribution < 1.29 is 13.2 Å². The highest BCUT2D eigenvalue weighted by molar-refractivity contribution is 7.92. The van der Waals surface area contributed by atoms with Crippen LogP contribution in [0.5, 0.6) is 0 Å². The lowest BCUT2D eigenvalue weighted by Gasteiger charge is -2.24. The summed E-state index contributed by atoms with van der Waals surface area (Å²) in [5.41, 5.74) is 2.96. The van der Waals surface area contributed by atoms with Crippen LogP contribution in [-0.2, 0) is 14.8 Å². The highest BCUT2D eigenvalue weighted by atomic mass is 32.2. The van der Waals surface area contributed by atoms with E-state index in [1.807, 2.05) is 62.4 Å². The van der Waals surface area contributed by atoms with Crippen LogP contribution in [-0.4, -0.2) is 27.1 Å². The molecule has 0 saturated heterocycles. The van der Waals surface area contributed by atoms with Crippen molar-refractivity contribution in [2.24, 2.45) is 0 Å². The fourth-order valence-corrected chi connectivity index (χ4v) is 3.89. The number of hydrogen-bond donors (Lipinski definition) is 1. The molecule has 0 spiro atoms. The maximum atomic E-state index is 12.6. The van der Waals surface area contributed by atoms with Gasteiger partial charge in [0.1, 0.15) is 6.54 Å². The molecule has 0 atom stereocenters. The predicted molar refractivity (Wildman–Crippen MR) is 111 cm³/mol. The van der Waals surface area contributed by atoms with Gasteiger partial charge in [0.2, 0.25) is 15.9 Å². The Morgan fingerprint density at radius 3 is 2.37 bits per heavy atom. The van der Waals surface area contributed by atoms with Crippen molar-refractivity contribution in [2.75, 3.05) is 22.4 Å². The Morgan fingerprint density at radius 2 is 1.67 bits per heavy atom. The van der Waals surface area contributed by atoms with E-state index in [-0.39, 0.29) is 6.54 Å². The van der Waals surface area contributed by atoms with Gasteiger partial charge in [-0.2, -0.15) is 0 Å². The monoisotopic (exact) mass is 382 g/mol. The average Bonchev–Trinajstić information content (AvgIpc) is 2.61. The predicted octanol–water partition coefficient (Wildman–Crippen LogP) is 3.86. The van der Waals surface area contributed by atoms with Crippen LogP contribution in [0.4, 0.5) is 11.4 Å². The molecular formula is C21H22N2O3S. The van der Waals surface area contributed by atoms with Crippen LogP contribution in [0.15, 0.2) is 60.7 Å². The van der Waals surface area contributed by atoms with E-state index >= 15 is 0 Å². The molecule has 0 bridgehead atoms. The minimum atomic E-state index is -3.61. The Labute approximate surface area is 159 Å². The van der Waals surface area contributed by atoms with Gasteiger partial charge in [-0.1, -0.05) is 42.5 Å². The second-order valence-corrected chi connectivity index (χ2v) is 8.51. The quantitative estimate of drug-likeness (QED) is 0.729. The third kappa shape index (κ3) is 4.28. The maximum absolute atomic E-state index is 12.6. The van der Waals surface area contributed by atoms with E-state index in [0.29, 0.717) is 11.4 Å². The summed E-state index contributed by atoms with van der Waals surface area (Å²) in [6.07, 6.45) is 1.11. The third-order valence-corrected chi connectivity index (χ3v) is 5.69. The van der Waals surface area contributed by atoms with Gasteiger partial charge in [0.25, 0.3) is 0 Å². The van der Waals surface area contributed by atoms with Gasteiger partial charge < -0.3 is 5.32 Å². The second-order valence-electron chi connectivity index (χ2n) is 6.60. The number of sulfonamides is 1. The van der Waals surface area contributed by atoms with Crippen molar-refractivity contribution in [1.29, 1.82) is 0 Å². The van der Waals surface area contributed by atoms with Gasteiger partial charge in [-0.15, -0.1) is 0 Å². The van der Waals surface area contributed by atoms with Crippen LogP contribution in [0, 0.1) is 13.8 Å². The number of aryl methyl sites for hydroxylation is 1. The van der Waals surface area contributed by atoms with Crippen LogP contribution < -0.4 is 9.62 Å². The molecule has 0 radical (unpaired) electrons. The summed E-state index contributed by atoms with van der Waals surface area (Å²) in [5.74, 6) is -0.392. The van der Waals surface area contributed by atoms with E-state index in [4.69, 9.17) is 0 Å². The van der Waals surface area contributed by atoms with Crippen LogP contribution >= 0.6 is 0 Å². The normalized spacial score (nSPS) is 11.4. The molecular weight excluding hydrogens is 360 g/mol. The minimum Gasteiger partial charge on any atom is -0.324 e. The Balaban J connectivity index is 1.85. The molecule has 1 amide bonds. The summed E-state index contributed by atoms with van der Waals surface area (Å²) in [5, 5.41) is 4.87. The summed E-state index contributed by atoms with van der Waals surface area (Å²) >= 11 is 0. The molecule has 3 aromatic rings. The molecule has 0 aliphatic heterocycles. The van der Waals surface area contributed by atoms with Crippen LogP contribution in [0.2, 0.25) is 0 Å². The van der Waals surface area contributed by atoms with Crippen molar-refractivity contribution >= 4 is 38.1 Å². The molecule has 3 aromatic carbocycles. The number of rotatable bonds is 5. The number of anilines is 2. The van der Waals surface area contributed by atoms with Crippen LogP contribution in [0.3, 0.4) is 0 Å². The fourth-order valence-electron chi connectivity index (χ4n) is 2.98. The van der Waals surface area contributed by atoms with E-state index < -0.39 is 15.9 Å². The highest BCUT2D eigenvalue weighted by Crippen LogP contribution is 2.25. The number of fused-ring (bicyclic) bond motifs is 1. The second kappa shape index (κ2) is 7.40. The topological polar surface area (TPSA) is 66.5 Å². The van der Waals surface area contributed by atoms with Gasteiger partial charge in [0.05, 0.1) is 11.9 Å². The molecule has 0 aliphatic carbocycles. The summed E-state index contributed by atoms with van der Waals surface area (Å²) in [4.78, 5) is 12.6. The zero-order chi connectivity index (χ0) is 19.6. The Hall–Kier alpha value is -2.86. The van der Waals surface area contributed by atoms with Crippen molar-refractivity contribution in [3.8, 4) is 0 Å². The van der Waals surface area contributed by atoms with Gasteiger partial charge in [-0.05, 0) is 53.9 Å². The van der Waals surface area contributed by atoms with E-state index in [1.54, 1.807) is 12.1 Å². The molecule has 0 heterocycles. The number of benzene rings is 3. The number of nitrogens with zero attached hydrogens (tertiary/aromatic N) is 1. The number of amides is 1. The molecule has 0 fully saturated rings. The number of hydrogen-bond acceptors (Lipinski definition) is 3. The Kier molecular flexibility index (Phi) is 5.19. The van der Waals surface area contributed by atoms with Gasteiger partial charge in [0.15, 0.2) is 0 Å². The maximum Gasteiger partial charge on any atom is 0.245 e. The van der Waals surface area contributed by atoms with E-state index in [1.165, 1.54) is 0 Å². The first kappa shape index (κ1) is 18.9. The van der Waals surface area contributed by atoms with E-state index in [9.17, 15) is 13.2 Å². The molecule has 0 unspecified atom stereocenters. The molecule has 27 heavy (non-hydrogen) atoms. The zero-order valence-corrected chi connectivity index (χ0v) is 16.4. The first-order valence-electron chi connectivity index (χ1n) is 8.58. The lowest BCUT2D eigenvalue weighted by molar-refractivity contribution is -0.114. The summed E-state index contributed by atoms with van der Waals surface area (Å²) in [7, 11) is -3.61. The van der Waals surface area contributed by atoms with Gasteiger partial charge in [0, 0.05) is 5.69 Å². The molecule has 0 aliphatic rings. The SMILES string of the molecule is Cc1cccc(N(CC(=O)Nc2ccc3ccccc3c2)S(C)(=O)=O)c1C. The number of carbonyl (C=O) groups excluding carboxylic acids is 1. The third-order valence-electron chi connectivity index (χ3n) is 4.57. The van der Waals surface area contributed by atoms with Gasteiger partial charge in [-0.3, -0.25) is 9.10 Å². The van der Waals surface area contributed by atoms with Gasteiger partial charge in [-0.25, -0.2) is 8.42 Å². The molecule has 6 heteroatoms. The molecule has 0 saturated carbocycles. The summed E-state index contributed by atoms with van der Waals surface area (Å²) in [6, 6.07) is 18.9. The molecule has 0 aromatic heterocycles. The van der Waals surface area contributed by atoms with Crippen molar-refractivity contribution in [1.82, 2.24) is 0 Å².